The van der Waals surface area contributed by atoms with Crippen LogP contribution in [0.5, 0.6) is 0 Å². The predicted molar refractivity (Wildman–Crippen MR) is 67.5 cm³/mol. The summed E-state index contributed by atoms with van der Waals surface area (Å²) in [7, 11) is -3.63. The first kappa shape index (κ1) is 13.9. The maximum absolute atomic E-state index is 12.3. The van der Waals surface area contributed by atoms with Crippen molar-refractivity contribution in [3.05, 3.63) is 34.4 Å². The second-order valence-electron chi connectivity index (χ2n) is 4.36. The lowest BCUT2D eigenvalue weighted by molar-refractivity contribution is -0.384. The van der Waals surface area contributed by atoms with E-state index in [1.54, 1.807) is 0 Å². The molecule has 2 rings (SSSR count). The maximum Gasteiger partial charge on any atom is 0.269 e. The van der Waals surface area contributed by atoms with Crippen LogP contribution in [0.25, 0.3) is 0 Å². The standard InChI is InChI=1S/C11H14N2O5S/c12-10-5-6-18-7-11(10)19(16,17)9-3-1-8(2-4-9)13(14)15/h1-4,10-11H,5-7,12H2. The van der Waals surface area contributed by atoms with Gasteiger partial charge in [-0.05, 0) is 18.6 Å². The maximum atomic E-state index is 12.3. The molecular weight excluding hydrogens is 272 g/mol. The van der Waals surface area contributed by atoms with Crippen LogP contribution in [0.15, 0.2) is 29.2 Å². The van der Waals surface area contributed by atoms with Gasteiger partial charge in [0.05, 0.1) is 16.4 Å². The minimum absolute atomic E-state index is 0.0315. The second-order valence-corrected chi connectivity index (χ2v) is 6.53. The molecule has 2 unspecified atom stereocenters. The summed E-state index contributed by atoms with van der Waals surface area (Å²) in [6.07, 6.45) is 0.483. The smallest absolute Gasteiger partial charge is 0.269 e. The molecule has 0 aliphatic carbocycles. The van der Waals surface area contributed by atoms with Gasteiger partial charge >= 0.3 is 0 Å². The van der Waals surface area contributed by atoms with Crippen LogP contribution in [0.4, 0.5) is 5.69 Å². The normalized spacial score (nSPS) is 24.1. The monoisotopic (exact) mass is 286 g/mol. The van der Waals surface area contributed by atoms with E-state index in [9.17, 15) is 18.5 Å². The van der Waals surface area contributed by atoms with E-state index >= 15 is 0 Å². The molecule has 1 aromatic carbocycles. The third-order valence-corrected chi connectivity index (χ3v) is 5.34. The molecule has 2 atom stereocenters. The predicted octanol–water partition coefficient (Wildman–Crippen LogP) is 0.485. The van der Waals surface area contributed by atoms with Gasteiger partial charge in [0.25, 0.3) is 5.69 Å². The molecule has 8 heteroatoms. The second kappa shape index (κ2) is 5.24. The highest BCUT2D eigenvalue weighted by atomic mass is 32.2. The first-order chi connectivity index (χ1) is 8.93. The van der Waals surface area contributed by atoms with Gasteiger partial charge in [-0.2, -0.15) is 0 Å². The number of hydrogen-bond acceptors (Lipinski definition) is 6. The van der Waals surface area contributed by atoms with Crippen LogP contribution in [0.1, 0.15) is 6.42 Å². The van der Waals surface area contributed by atoms with Gasteiger partial charge in [-0.1, -0.05) is 0 Å². The minimum Gasteiger partial charge on any atom is -0.380 e. The first-order valence-electron chi connectivity index (χ1n) is 5.74. The van der Waals surface area contributed by atoms with Crippen LogP contribution in [-0.2, 0) is 14.6 Å². The van der Waals surface area contributed by atoms with Gasteiger partial charge in [0.2, 0.25) is 0 Å². The first-order valence-corrected chi connectivity index (χ1v) is 7.29. The van der Waals surface area contributed by atoms with E-state index in [1.807, 2.05) is 0 Å². The minimum atomic E-state index is -3.63. The van der Waals surface area contributed by atoms with E-state index in [2.05, 4.69) is 0 Å². The van der Waals surface area contributed by atoms with Crippen molar-refractivity contribution in [2.45, 2.75) is 22.6 Å². The van der Waals surface area contributed by atoms with Gasteiger partial charge in [0, 0.05) is 24.8 Å². The van der Waals surface area contributed by atoms with Crippen molar-refractivity contribution in [3.63, 3.8) is 0 Å². The number of nitro groups is 1. The highest BCUT2D eigenvalue weighted by molar-refractivity contribution is 7.92. The number of non-ortho nitro benzene ring substituents is 1. The van der Waals surface area contributed by atoms with Gasteiger partial charge in [0.15, 0.2) is 9.84 Å². The van der Waals surface area contributed by atoms with Gasteiger partial charge < -0.3 is 10.5 Å². The molecule has 104 valence electrons. The number of rotatable bonds is 3. The zero-order valence-corrected chi connectivity index (χ0v) is 10.9. The van der Waals surface area contributed by atoms with E-state index in [0.717, 1.165) is 0 Å². The molecule has 0 saturated carbocycles. The zero-order chi connectivity index (χ0) is 14.0. The number of benzene rings is 1. The summed E-state index contributed by atoms with van der Waals surface area (Å²) in [6, 6.07) is 4.32. The molecule has 1 heterocycles. The number of hydrogen-bond donors (Lipinski definition) is 1. The Morgan fingerprint density at radius 1 is 1.32 bits per heavy atom. The van der Waals surface area contributed by atoms with Crippen LogP contribution in [-0.4, -0.2) is 37.8 Å². The number of nitrogens with two attached hydrogens (primary N) is 1. The lowest BCUT2D eigenvalue weighted by Gasteiger charge is -2.28. The molecule has 1 fully saturated rings. The van der Waals surface area contributed by atoms with Crippen molar-refractivity contribution >= 4 is 15.5 Å². The van der Waals surface area contributed by atoms with Crippen LogP contribution in [0.3, 0.4) is 0 Å². The molecule has 1 aliphatic heterocycles. The summed E-state index contributed by atoms with van der Waals surface area (Å²) in [6.45, 7) is 0.508. The topological polar surface area (TPSA) is 113 Å². The Morgan fingerprint density at radius 2 is 1.95 bits per heavy atom. The molecule has 0 aromatic heterocycles. The SMILES string of the molecule is NC1CCOCC1S(=O)(=O)c1ccc([N+](=O)[O-])cc1. The molecule has 7 nitrogen and oxygen atoms in total. The molecular formula is C11H14N2O5S. The number of ether oxygens (including phenoxy) is 1. The van der Waals surface area contributed by atoms with E-state index in [-0.39, 0.29) is 17.2 Å². The Balaban J connectivity index is 2.30. The molecule has 0 bridgehead atoms. The fraction of sp³-hybridized carbons (Fsp3) is 0.455. The van der Waals surface area contributed by atoms with Crippen LogP contribution >= 0.6 is 0 Å². The fourth-order valence-electron chi connectivity index (χ4n) is 1.98. The lowest BCUT2D eigenvalue weighted by Crippen LogP contribution is -2.47. The van der Waals surface area contributed by atoms with Gasteiger partial charge in [-0.15, -0.1) is 0 Å². The third-order valence-electron chi connectivity index (χ3n) is 3.13. The average Bonchev–Trinajstić information content (AvgIpc) is 2.39. The van der Waals surface area contributed by atoms with E-state index in [0.29, 0.717) is 13.0 Å². The Kier molecular flexibility index (Phi) is 3.83. The number of nitro benzene ring substituents is 1. The molecule has 0 spiro atoms. The molecule has 0 amide bonds. The lowest BCUT2D eigenvalue weighted by atomic mass is 10.1. The van der Waals surface area contributed by atoms with Crippen LogP contribution in [0, 0.1) is 10.1 Å². The Bertz CT molecular complexity index is 569. The highest BCUT2D eigenvalue weighted by Gasteiger charge is 2.35. The largest absolute Gasteiger partial charge is 0.380 e. The summed E-state index contributed by atoms with van der Waals surface area (Å²) >= 11 is 0. The zero-order valence-electron chi connectivity index (χ0n) is 10.1. The molecule has 1 saturated heterocycles. The van der Waals surface area contributed by atoms with Crippen molar-refractivity contribution in [1.82, 2.24) is 0 Å². The summed E-state index contributed by atoms with van der Waals surface area (Å²) in [4.78, 5) is 9.99. The molecule has 2 N–H and O–H groups in total. The van der Waals surface area contributed by atoms with Crippen molar-refractivity contribution in [2.75, 3.05) is 13.2 Å². The summed E-state index contributed by atoms with van der Waals surface area (Å²) in [5, 5.41) is 9.73. The summed E-state index contributed by atoms with van der Waals surface area (Å²) in [5.41, 5.74) is 5.66. The Hall–Kier alpha value is -1.51. The highest BCUT2D eigenvalue weighted by Crippen LogP contribution is 2.24. The molecule has 1 aromatic rings. The Morgan fingerprint density at radius 3 is 2.47 bits per heavy atom. The average molecular weight is 286 g/mol. The summed E-state index contributed by atoms with van der Waals surface area (Å²) < 4.78 is 29.9. The van der Waals surface area contributed by atoms with Crippen LogP contribution in [0.2, 0.25) is 0 Å². The van der Waals surface area contributed by atoms with E-state index in [1.165, 1.54) is 24.3 Å². The fourth-order valence-corrected chi connectivity index (χ4v) is 3.72. The van der Waals surface area contributed by atoms with E-state index in [4.69, 9.17) is 10.5 Å². The van der Waals surface area contributed by atoms with Gasteiger partial charge in [0.1, 0.15) is 5.25 Å². The van der Waals surface area contributed by atoms with Crippen molar-refractivity contribution < 1.29 is 18.1 Å². The van der Waals surface area contributed by atoms with Crippen LogP contribution < -0.4 is 5.73 Å². The van der Waals surface area contributed by atoms with Crippen molar-refractivity contribution in [1.29, 1.82) is 0 Å². The third kappa shape index (κ3) is 2.75. The molecule has 1 aliphatic rings. The quantitative estimate of drug-likeness (QED) is 0.639. The summed E-state index contributed by atoms with van der Waals surface area (Å²) in [5.74, 6) is 0. The number of sulfone groups is 1. The molecule has 0 radical (unpaired) electrons. The van der Waals surface area contributed by atoms with Gasteiger partial charge in [-0.25, -0.2) is 8.42 Å². The number of nitrogens with zero attached hydrogens (tertiary/aromatic N) is 1. The van der Waals surface area contributed by atoms with Crippen molar-refractivity contribution in [3.8, 4) is 0 Å². The van der Waals surface area contributed by atoms with E-state index < -0.39 is 26.1 Å². The Labute approximate surface area is 110 Å². The molecule has 19 heavy (non-hydrogen) atoms. The van der Waals surface area contributed by atoms with Crippen molar-refractivity contribution in [2.24, 2.45) is 5.73 Å². The van der Waals surface area contributed by atoms with Gasteiger partial charge in [-0.3, -0.25) is 10.1 Å².